The molecular formula is C7H13N2O. The summed E-state index contributed by atoms with van der Waals surface area (Å²) in [5.41, 5.74) is 0. The van der Waals surface area contributed by atoms with E-state index in [-0.39, 0.29) is 6.03 Å². The van der Waals surface area contributed by atoms with Crippen molar-refractivity contribution < 1.29 is 4.79 Å². The van der Waals surface area contributed by atoms with Crippen molar-refractivity contribution in [2.45, 2.75) is 26.3 Å². The lowest BCUT2D eigenvalue weighted by molar-refractivity contribution is 0.169. The molecule has 2 amide bonds. The molecular weight excluding hydrogens is 128 g/mol. The second-order valence-electron chi connectivity index (χ2n) is 2.80. The monoisotopic (exact) mass is 141 g/mol. The fourth-order valence-corrected chi connectivity index (χ4v) is 1.08. The Bertz CT molecular complexity index is 134. The number of carbonyl (C=O) groups is 1. The molecule has 1 aliphatic heterocycles. The number of rotatable bonds is 1. The van der Waals surface area contributed by atoms with E-state index in [1.165, 1.54) is 0 Å². The van der Waals surface area contributed by atoms with Gasteiger partial charge in [-0.15, -0.1) is 0 Å². The topological polar surface area (TPSA) is 34.4 Å². The van der Waals surface area contributed by atoms with Crippen molar-refractivity contribution in [3.05, 3.63) is 0 Å². The molecule has 0 aromatic heterocycles. The largest absolute Gasteiger partial charge is 0.339 e. The van der Waals surface area contributed by atoms with Gasteiger partial charge in [-0.25, -0.2) is 10.1 Å². The van der Waals surface area contributed by atoms with Crippen molar-refractivity contribution in [3.8, 4) is 0 Å². The Hall–Kier alpha value is -0.730. The van der Waals surface area contributed by atoms with Crippen LogP contribution in [0.3, 0.4) is 0 Å². The third-order valence-electron chi connectivity index (χ3n) is 1.67. The zero-order valence-electron chi connectivity index (χ0n) is 6.50. The van der Waals surface area contributed by atoms with Crippen LogP contribution in [0, 0.1) is 0 Å². The SMILES string of the molecule is CC(C)N1CCC[N]C1=O. The first kappa shape index (κ1) is 7.38. The molecule has 10 heavy (non-hydrogen) atoms. The molecule has 1 rings (SSSR count). The summed E-state index contributed by atoms with van der Waals surface area (Å²) >= 11 is 0. The molecule has 57 valence electrons. The second kappa shape index (κ2) is 2.90. The highest BCUT2D eigenvalue weighted by molar-refractivity contribution is 5.74. The lowest BCUT2D eigenvalue weighted by Gasteiger charge is -2.29. The van der Waals surface area contributed by atoms with Gasteiger partial charge in [0.1, 0.15) is 0 Å². The number of urea groups is 1. The van der Waals surface area contributed by atoms with Crippen LogP contribution in [-0.4, -0.2) is 30.1 Å². The normalized spacial score (nSPS) is 19.5. The number of hydrogen-bond donors (Lipinski definition) is 0. The predicted octanol–water partition coefficient (Wildman–Crippen LogP) is 0.825. The predicted molar refractivity (Wildman–Crippen MR) is 38.9 cm³/mol. The van der Waals surface area contributed by atoms with Crippen molar-refractivity contribution in [1.82, 2.24) is 10.2 Å². The van der Waals surface area contributed by atoms with E-state index in [1.807, 2.05) is 13.8 Å². The fourth-order valence-electron chi connectivity index (χ4n) is 1.08. The van der Waals surface area contributed by atoms with Gasteiger partial charge >= 0.3 is 6.03 Å². The highest BCUT2D eigenvalue weighted by atomic mass is 16.2. The average Bonchev–Trinajstić information content (AvgIpc) is 1.88. The lowest BCUT2D eigenvalue weighted by atomic mass is 10.2. The molecule has 0 aromatic rings. The minimum absolute atomic E-state index is 0.0405. The molecule has 0 saturated carbocycles. The van der Waals surface area contributed by atoms with Gasteiger partial charge in [0.25, 0.3) is 0 Å². The molecule has 1 fully saturated rings. The Morgan fingerprint density at radius 3 is 2.70 bits per heavy atom. The van der Waals surface area contributed by atoms with Crippen LogP contribution < -0.4 is 5.32 Å². The van der Waals surface area contributed by atoms with Crippen LogP contribution >= 0.6 is 0 Å². The fraction of sp³-hybridized carbons (Fsp3) is 0.857. The third kappa shape index (κ3) is 1.40. The van der Waals surface area contributed by atoms with Crippen LogP contribution in [0.25, 0.3) is 0 Å². The molecule has 3 nitrogen and oxygen atoms in total. The zero-order valence-corrected chi connectivity index (χ0v) is 6.50. The van der Waals surface area contributed by atoms with E-state index in [4.69, 9.17) is 0 Å². The van der Waals surface area contributed by atoms with Crippen LogP contribution in [0.2, 0.25) is 0 Å². The van der Waals surface area contributed by atoms with Gasteiger partial charge in [-0.1, -0.05) is 0 Å². The van der Waals surface area contributed by atoms with Crippen LogP contribution in [0.15, 0.2) is 0 Å². The minimum Gasteiger partial charge on any atom is -0.321 e. The van der Waals surface area contributed by atoms with Crippen molar-refractivity contribution >= 4 is 6.03 Å². The summed E-state index contributed by atoms with van der Waals surface area (Å²) in [5, 5.41) is 3.82. The van der Waals surface area contributed by atoms with Gasteiger partial charge in [0.2, 0.25) is 0 Å². The van der Waals surface area contributed by atoms with E-state index < -0.39 is 0 Å². The molecule has 0 N–H and O–H groups in total. The lowest BCUT2D eigenvalue weighted by Crippen LogP contribution is -2.46. The van der Waals surface area contributed by atoms with E-state index in [2.05, 4.69) is 5.32 Å². The van der Waals surface area contributed by atoms with Gasteiger partial charge in [0.05, 0.1) is 0 Å². The van der Waals surface area contributed by atoms with Crippen LogP contribution in [-0.2, 0) is 0 Å². The molecule has 0 aromatic carbocycles. The molecule has 0 aliphatic carbocycles. The highest BCUT2D eigenvalue weighted by Crippen LogP contribution is 2.04. The Kier molecular flexibility index (Phi) is 2.14. The quantitative estimate of drug-likeness (QED) is 0.532. The van der Waals surface area contributed by atoms with Crippen molar-refractivity contribution in [1.29, 1.82) is 0 Å². The van der Waals surface area contributed by atoms with Crippen molar-refractivity contribution in [2.75, 3.05) is 13.1 Å². The molecule has 1 saturated heterocycles. The van der Waals surface area contributed by atoms with Gasteiger partial charge in [0, 0.05) is 19.1 Å². The number of carbonyl (C=O) groups excluding carboxylic acids is 1. The summed E-state index contributed by atoms with van der Waals surface area (Å²) in [5.74, 6) is 0. The Morgan fingerprint density at radius 1 is 1.60 bits per heavy atom. The van der Waals surface area contributed by atoms with E-state index in [1.54, 1.807) is 4.90 Å². The average molecular weight is 141 g/mol. The van der Waals surface area contributed by atoms with E-state index in [0.29, 0.717) is 12.6 Å². The minimum atomic E-state index is -0.0405. The van der Waals surface area contributed by atoms with Gasteiger partial charge in [-0.2, -0.15) is 0 Å². The van der Waals surface area contributed by atoms with Gasteiger partial charge in [-0.3, -0.25) is 0 Å². The Balaban J connectivity index is 2.48. The van der Waals surface area contributed by atoms with Crippen LogP contribution in [0.4, 0.5) is 4.79 Å². The summed E-state index contributed by atoms with van der Waals surface area (Å²) in [6, 6.07) is 0.262. The number of nitrogens with zero attached hydrogens (tertiary/aromatic N) is 2. The van der Waals surface area contributed by atoms with Crippen LogP contribution in [0.5, 0.6) is 0 Å². The Labute approximate surface area is 61.4 Å². The van der Waals surface area contributed by atoms with E-state index in [0.717, 1.165) is 13.0 Å². The molecule has 1 heterocycles. The standard InChI is InChI=1S/C7H13N2O/c1-6(2)9-5-3-4-8-7(9)10/h6H,3-5H2,1-2H3. The van der Waals surface area contributed by atoms with Crippen molar-refractivity contribution in [3.63, 3.8) is 0 Å². The summed E-state index contributed by atoms with van der Waals surface area (Å²) in [7, 11) is 0. The molecule has 3 heteroatoms. The third-order valence-corrected chi connectivity index (χ3v) is 1.67. The van der Waals surface area contributed by atoms with Crippen LogP contribution in [0.1, 0.15) is 20.3 Å². The maximum Gasteiger partial charge on any atom is 0.339 e. The first-order valence-corrected chi connectivity index (χ1v) is 3.70. The molecule has 0 bridgehead atoms. The Morgan fingerprint density at radius 2 is 2.30 bits per heavy atom. The maximum atomic E-state index is 11.0. The van der Waals surface area contributed by atoms with Gasteiger partial charge < -0.3 is 4.90 Å². The van der Waals surface area contributed by atoms with E-state index >= 15 is 0 Å². The second-order valence-corrected chi connectivity index (χ2v) is 2.80. The van der Waals surface area contributed by atoms with Gasteiger partial charge in [-0.05, 0) is 20.3 Å². The summed E-state index contributed by atoms with van der Waals surface area (Å²) < 4.78 is 0. The first-order chi connectivity index (χ1) is 4.72. The first-order valence-electron chi connectivity index (χ1n) is 3.70. The van der Waals surface area contributed by atoms with Crippen molar-refractivity contribution in [2.24, 2.45) is 0 Å². The summed E-state index contributed by atoms with van der Waals surface area (Å²) in [4.78, 5) is 12.8. The molecule has 1 aliphatic rings. The maximum absolute atomic E-state index is 11.0. The van der Waals surface area contributed by atoms with E-state index in [9.17, 15) is 4.79 Å². The molecule has 0 atom stereocenters. The molecule has 0 unspecified atom stereocenters. The summed E-state index contributed by atoms with van der Waals surface area (Å²) in [6.45, 7) is 5.61. The smallest absolute Gasteiger partial charge is 0.321 e. The number of hydrogen-bond acceptors (Lipinski definition) is 1. The zero-order chi connectivity index (χ0) is 7.56. The summed E-state index contributed by atoms with van der Waals surface area (Å²) in [6.07, 6.45) is 1.02. The highest BCUT2D eigenvalue weighted by Gasteiger charge is 2.20. The molecule has 1 radical (unpaired) electrons. The number of amides is 2. The van der Waals surface area contributed by atoms with Gasteiger partial charge in [0.15, 0.2) is 0 Å². The molecule has 0 spiro atoms.